The van der Waals surface area contributed by atoms with E-state index in [-0.39, 0.29) is 17.6 Å². The molecule has 1 unspecified atom stereocenters. The highest BCUT2D eigenvalue weighted by Crippen LogP contribution is 2.38. The molecule has 1 aliphatic heterocycles. The second-order valence-corrected chi connectivity index (χ2v) is 11.6. The Morgan fingerprint density at radius 1 is 1.03 bits per heavy atom. The normalized spacial score (nSPS) is 18.4. The molecule has 1 fully saturated rings. The summed E-state index contributed by atoms with van der Waals surface area (Å²) in [6, 6.07) is 18.1. The third kappa shape index (κ3) is 5.67. The molecule has 4 nitrogen and oxygen atoms in total. The number of hydrogen-bond donors (Lipinski definition) is 0. The first-order chi connectivity index (χ1) is 18.0. The summed E-state index contributed by atoms with van der Waals surface area (Å²) in [5.74, 6) is 1.40. The predicted octanol–water partition coefficient (Wildman–Crippen LogP) is 6.75. The minimum absolute atomic E-state index is 0.0544. The number of carbonyl (C=O) groups is 2. The third-order valence-corrected chi connectivity index (χ3v) is 9.25. The van der Waals surface area contributed by atoms with Crippen molar-refractivity contribution in [3.8, 4) is 5.75 Å². The van der Waals surface area contributed by atoms with Crippen LogP contribution in [0.15, 0.2) is 60.0 Å². The van der Waals surface area contributed by atoms with Gasteiger partial charge in [0.05, 0.1) is 19.1 Å². The summed E-state index contributed by atoms with van der Waals surface area (Å²) in [4.78, 5) is 30.5. The van der Waals surface area contributed by atoms with Crippen LogP contribution in [0.4, 0.5) is 0 Å². The standard InChI is InChI=1S/C32H37NO3S/c1-22(34)30-20-28-25(14-17-31(36-2)27(28)16-15-26-13-8-18-37-26)21-33(30)32(35)29(19-23-9-6-7-10-23)24-11-4-3-5-12-24/h3-5,8,11-14,17-18,23,29-30H,6-7,9-10,15-16,19-21H2,1-2H3/t29?,30-/m0/s1. The predicted molar refractivity (Wildman–Crippen MR) is 149 cm³/mol. The molecule has 1 aromatic heterocycles. The summed E-state index contributed by atoms with van der Waals surface area (Å²) in [6.45, 7) is 2.11. The Morgan fingerprint density at radius 3 is 2.49 bits per heavy atom. The third-order valence-electron chi connectivity index (χ3n) is 8.32. The number of carbonyl (C=O) groups excluding carboxylic acids is 2. The van der Waals surface area contributed by atoms with Crippen LogP contribution in [0.5, 0.6) is 5.75 Å². The lowest BCUT2D eigenvalue weighted by Gasteiger charge is -2.39. The van der Waals surface area contributed by atoms with Gasteiger partial charge in [-0.2, -0.15) is 0 Å². The summed E-state index contributed by atoms with van der Waals surface area (Å²) in [6.07, 6.45) is 8.12. The fourth-order valence-corrected chi connectivity index (χ4v) is 7.04. The van der Waals surface area contributed by atoms with Crippen LogP contribution in [0.3, 0.4) is 0 Å². The molecule has 194 valence electrons. The fourth-order valence-electron chi connectivity index (χ4n) is 6.33. The van der Waals surface area contributed by atoms with Crippen LogP contribution in [-0.2, 0) is 35.4 Å². The largest absolute Gasteiger partial charge is 0.496 e. The lowest BCUT2D eigenvalue weighted by Crippen LogP contribution is -2.50. The van der Waals surface area contributed by atoms with Crippen molar-refractivity contribution in [1.82, 2.24) is 4.90 Å². The average molecular weight is 516 g/mol. The lowest BCUT2D eigenvalue weighted by molar-refractivity contribution is -0.142. The number of fused-ring (bicyclic) bond motifs is 1. The SMILES string of the molecule is COc1ccc2c(c1CCc1cccs1)C[C@@H](C(C)=O)N(C(=O)C(CC1CCCC1)c1ccccc1)C2. The summed E-state index contributed by atoms with van der Waals surface area (Å²) < 4.78 is 5.76. The number of methoxy groups -OCH3 is 1. The van der Waals surface area contributed by atoms with Crippen molar-refractivity contribution in [1.29, 1.82) is 0 Å². The van der Waals surface area contributed by atoms with Crippen LogP contribution in [0.1, 0.15) is 72.1 Å². The van der Waals surface area contributed by atoms with Gasteiger partial charge in [-0.15, -0.1) is 11.3 Å². The molecular formula is C32H37NO3S. The highest BCUT2D eigenvalue weighted by atomic mass is 32.1. The summed E-state index contributed by atoms with van der Waals surface area (Å²) in [5.41, 5.74) is 4.57. The van der Waals surface area contributed by atoms with Crippen molar-refractivity contribution in [2.24, 2.45) is 5.92 Å². The van der Waals surface area contributed by atoms with Gasteiger partial charge in [0.1, 0.15) is 5.75 Å². The van der Waals surface area contributed by atoms with Gasteiger partial charge in [-0.1, -0.05) is 68.1 Å². The van der Waals surface area contributed by atoms with Gasteiger partial charge < -0.3 is 9.64 Å². The minimum atomic E-state index is -0.442. The van der Waals surface area contributed by atoms with Gasteiger partial charge in [0.2, 0.25) is 5.91 Å². The molecule has 0 saturated heterocycles. The molecule has 37 heavy (non-hydrogen) atoms. The highest BCUT2D eigenvalue weighted by molar-refractivity contribution is 7.09. The molecule has 0 radical (unpaired) electrons. The number of amides is 1. The zero-order valence-electron chi connectivity index (χ0n) is 21.9. The summed E-state index contributed by atoms with van der Waals surface area (Å²) >= 11 is 1.77. The molecule has 3 aromatic rings. The molecule has 0 N–H and O–H groups in total. The van der Waals surface area contributed by atoms with Crippen molar-refractivity contribution >= 4 is 23.0 Å². The molecule has 0 spiro atoms. The first-order valence-electron chi connectivity index (χ1n) is 13.6. The number of aryl methyl sites for hydroxylation is 1. The van der Waals surface area contributed by atoms with Crippen LogP contribution >= 0.6 is 11.3 Å². The maximum Gasteiger partial charge on any atom is 0.231 e. The van der Waals surface area contributed by atoms with Gasteiger partial charge in [-0.05, 0) is 71.9 Å². The molecule has 1 aliphatic carbocycles. The molecule has 1 saturated carbocycles. The Labute approximate surface area is 224 Å². The van der Waals surface area contributed by atoms with E-state index in [0.29, 0.717) is 18.9 Å². The van der Waals surface area contributed by atoms with E-state index in [0.717, 1.165) is 36.1 Å². The average Bonchev–Trinajstić information content (AvgIpc) is 3.64. The topological polar surface area (TPSA) is 46.6 Å². The quantitative estimate of drug-likeness (QED) is 0.317. The minimum Gasteiger partial charge on any atom is -0.496 e. The molecule has 2 aromatic carbocycles. The zero-order chi connectivity index (χ0) is 25.8. The Bertz CT molecular complexity index is 1210. The van der Waals surface area contributed by atoms with E-state index in [1.165, 1.54) is 41.7 Å². The van der Waals surface area contributed by atoms with E-state index >= 15 is 0 Å². The Kier molecular flexibility index (Phi) is 8.09. The van der Waals surface area contributed by atoms with E-state index in [1.54, 1.807) is 25.4 Å². The first-order valence-corrected chi connectivity index (χ1v) is 14.5. The summed E-state index contributed by atoms with van der Waals surface area (Å²) in [7, 11) is 1.71. The smallest absolute Gasteiger partial charge is 0.231 e. The Balaban J connectivity index is 1.46. The van der Waals surface area contributed by atoms with E-state index in [4.69, 9.17) is 4.74 Å². The number of hydrogen-bond acceptors (Lipinski definition) is 4. The number of Topliss-reactive ketones (excluding diaryl/α,β-unsaturated/α-hetero) is 1. The molecule has 2 heterocycles. The Morgan fingerprint density at radius 2 is 1.81 bits per heavy atom. The molecule has 2 atom stereocenters. The molecule has 0 bridgehead atoms. The molecule has 5 heteroatoms. The van der Waals surface area contributed by atoms with Gasteiger partial charge >= 0.3 is 0 Å². The zero-order valence-corrected chi connectivity index (χ0v) is 22.8. The molecule has 5 rings (SSSR count). The van der Waals surface area contributed by atoms with Gasteiger partial charge in [-0.3, -0.25) is 9.59 Å². The number of ether oxygens (including phenoxy) is 1. The lowest BCUT2D eigenvalue weighted by atomic mass is 9.83. The van der Waals surface area contributed by atoms with E-state index in [1.807, 2.05) is 29.2 Å². The molecule has 2 aliphatic rings. The number of ketones is 1. The number of thiophene rings is 1. The second kappa shape index (κ2) is 11.6. The monoisotopic (exact) mass is 515 g/mol. The number of benzene rings is 2. The van der Waals surface area contributed by atoms with Crippen molar-refractivity contribution in [3.05, 3.63) is 87.1 Å². The second-order valence-electron chi connectivity index (χ2n) is 10.6. The van der Waals surface area contributed by atoms with Gasteiger partial charge in [0.25, 0.3) is 0 Å². The maximum atomic E-state index is 14.3. The van der Waals surface area contributed by atoms with Crippen molar-refractivity contribution in [2.45, 2.75) is 76.8 Å². The van der Waals surface area contributed by atoms with Crippen molar-refractivity contribution in [2.75, 3.05) is 7.11 Å². The molecule has 1 amide bonds. The van der Waals surface area contributed by atoms with Gasteiger partial charge in [-0.25, -0.2) is 0 Å². The highest BCUT2D eigenvalue weighted by Gasteiger charge is 2.38. The first kappa shape index (κ1) is 25.7. The van der Waals surface area contributed by atoms with Crippen LogP contribution in [0.25, 0.3) is 0 Å². The van der Waals surface area contributed by atoms with Crippen LogP contribution < -0.4 is 4.74 Å². The number of rotatable bonds is 9. The van der Waals surface area contributed by atoms with E-state index < -0.39 is 6.04 Å². The Hall–Kier alpha value is -2.92. The van der Waals surface area contributed by atoms with Crippen LogP contribution in [0, 0.1) is 5.92 Å². The van der Waals surface area contributed by atoms with Crippen molar-refractivity contribution < 1.29 is 14.3 Å². The summed E-state index contributed by atoms with van der Waals surface area (Å²) in [5, 5.41) is 2.11. The maximum absolute atomic E-state index is 14.3. The van der Waals surface area contributed by atoms with E-state index in [2.05, 4.69) is 35.7 Å². The fraction of sp³-hybridized carbons (Fsp3) is 0.438. The number of nitrogens with zero attached hydrogens (tertiary/aromatic N) is 1. The van der Waals surface area contributed by atoms with Gasteiger partial charge in [0, 0.05) is 17.8 Å². The van der Waals surface area contributed by atoms with Crippen LogP contribution in [-0.4, -0.2) is 29.7 Å². The van der Waals surface area contributed by atoms with Gasteiger partial charge in [0.15, 0.2) is 5.78 Å². The van der Waals surface area contributed by atoms with Crippen LogP contribution in [0.2, 0.25) is 0 Å². The molecular weight excluding hydrogens is 478 g/mol. The van der Waals surface area contributed by atoms with E-state index in [9.17, 15) is 9.59 Å². The van der Waals surface area contributed by atoms with Crippen molar-refractivity contribution in [3.63, 3.8) is 0 Å².